The van der Waals surface area contributed by atoms with E-state index in [9.17, 15) is 14.7 Å². The van der Waals surface area contributed by atoms with Crippen molar-refractivity contribution in [3.63, 3.8) is 0 Å². The van der Waals surface area contributed by atoms with Gasteiger partial charge in [0.15, 0.2) is 5.82 Å². The number of hydrogen-bond acceptors (Lipinski definition) is 7. The van der Waals surface area contributed by atoms with Crippen LogP contribution in [-0.2, 0) is 39.8 Å². The van der Waals surface area contributed by atoms with Gasteiger partial charge >= 0.3 is 6.03 Å². The third-order valence-electron chi connectivity index (χ3n) is 7.29. The topological polar surface area (TPSA) is 121 Å². The molecule has 4 heterocycles. The molecule has 0 atom stereocenters. The van der Waals surface area contributed by atoms with Crippen LogP contribution in [0.3, 0.4) is 0 Å². The number of rotatable bonds is 5. The molecule has 3 N–H and O–H groups in total. The lowest BCUT2D eigenvalue weighted by Gasteiger charge is -2.22. The van der Waals surface area contributed by atoms with Crippen LogP contribution in [-0.4, -0.2) is 54.1 Å². The van der Waals surface area contributed by atoms with Crippen LogP contribution >= 0.6 is 0 Å². The maximum absolute atomic E-state index is 13.1. The van der Waals surface area contributed by atoms with Gasteiger partial charge in [-0.05, 0) is 30.3 Å². The van der Waals surface area contributed by atoms with E-state index in [1.807, 2.05) is 41.1 Å². The number of nitrogens with zero attached hydrogens (tertiary/aromatic N) is 6. The molecular weight excluding hydrogens is 496 g/mol. The number of aromatic nitrogens is 4. The smallest absolute Gasteiger partial charge is 0.322 e. The van der Waals surface area contributed by atoms with Crippen molar-refractivity contribution in [3.8, 4) is 11.3 Å². The van der Waals surface area contributed by atoms with Crippen molar-refractivity contribution in [2.75, 3.05) is 24.2 Å². The van der Waals surface area contributed by atoms with Crippen molar-refractivity contribution in [2.45, 2.75) is 32.8 Å². The first-order chi connectivity index (χ1) is 18.9. The van der Waals surface area contributed by atoms with Crippen LogP contribution in [0.2, 0.25) is 0 Å². The summed E-state index contributed by atoms with van der Waals surface area (Å²) in [4.78, 5) is 30.0. The zero-order chi connectivity index (χ0) is 27.1. The van der Waals surface area contributed by atoms with Crippen molar-refractivity contribution in [1.29, 1.82) is 0 Å². The molecule has 11 heteroatoms. The summed E-state index contributed by atoms with van der Waals surface area (Å²) in [7, 11) is 3.65. The van der Waals surface area contributed by atoms with E-state index < -0.39 is 0 Å². The number of urea groups is 1. The number of carbonyl (C=O) groups is 1. The molecule has 0 saturated carbocycles. The van der Waals surface area contributed by atoms with Gasteiger partial charge in [0.05, 0.1) is 24.5 Å². The van der Waals surface area contributed by atoms with Crippen molar-refractivity contribution >= 4 is 23.2 Å². The number of benzene rings is 2. The van der Waals surface area contributed by atoms with E-state index in [-0.39, 0.29) is 18.2 Å². The molecule has 2 aromatic carbocycles. The van der Waals surface area contributed by atoms with Gasteiger partial charge in [-0.3, -0.25) is 14.4 Å². The molecule has 2 aromatic heterocycles. The first-order valence-electron chi connectivity index (χ1n) is 12.9. The second kappa shape index (κ2) is 10.0. The molecule has 4 aromatic rings. The summed E-state index contributed by atoms with van der Waals surface area (Å²) in [5, 5.41) is 25.5. The van der Waals surface area contributed by atoms with Crippen LogP contribution in [0.5, 0.6) is 0 Å². The van der Waals surface area contributed by atoms with E-state index in [0.29, 0.717) is 47.1 Å². The monoisotopic (exact) mass is 526 g/mol. The predicted molar refractivity (Wildman–Crippen MR) is 147 cm³/mol. The molecule has 0 fully saturated rings. The first-order valence-corrected chi connectivity index (χ1v) is 12.9. The van der Waals surface area contributed by atoms with Gasteiger partial charge in [0, 0.05) is 56.1 Å². The minimum Gasteiger partial charge on any atom is -0.392 e. The fraction of sp³-hybridized carbons (Fsp3) is 0.286. The van der Waals surface area contributed by atoms with E-state index >= 15 is 0 Å². The van der Waals surface area contributed by atoms with Gasteiger partial charge in [-0.1, -0.05) is 36.4 Å². The van der Waals surface area contributed by atoms with Crippen LogP contribution in [0.4, 0.5) is 22.0 Å². The van der Waals surface area contributed by atoms with Crippen LogP contribution < -0.4 is 16.2 Å². The first kappa shape index (κ1) is 24.8. The lowest BCUT2D eigenvalue weighted by Crippen LogP contribution is -2.30. The Morgan fingerprint density at radius 3 is 2.46 bits per heavy atom. The lowest BCUT2D eigenvalue weighted by atomic mass is 10.0. The number of anilines is 3. The quantitative estimate of drug-likeness (QED) is 0.366. The molecule has 200 valence electrons. The Balaban J connectivity index is 1.28. The Labute approximate surface area is 225 Å². The summed E-state index contributed by atoms with van der Waals surface area (Å²) in [6, 6.07) is 16.7. The van der Waals surface area contributed by atoms with Crippen molar-refractivity contribution < 1.29 is 9.90 Å². The van der Waals surface area contributed by atoms with Gasteiger partial charge < -0.3 is 20.6 Å². The highest BCUT2D eigenvalue weighted by atomic mass is 16.3. The summed E-state index contributed by atoms with van der Waals surface area (Å²) in [5.74, 6) is 0.588. The van der Waals surface area contributed by atoms with Gasteiger partial charge in [0.1, 0.15) is 5.69 Å². The molecule has 2 amide bonds. The number of likely N-dealkylation sites (N-methyl/N-ethyl adjacent to an activating group) is 1. The highest BCUT2D eigenvalue weighted by molar-refractivity contribution is 5.92. The average Bonchev–Trinajstić information content (AvgIpc) is 3.54. The number of aliphatic hydroxyl groups excluding tert-OH is 1. The molecule has 39 heavy (non-hydrogen) atoms. The number of aliphatic hydroxyl groups is 1. The van der Waals surface area contributed by atoms with Gasteiger partial charge in [0.25, 0.3) is 5.56 Å². The second-order valence-electron chi connectivity index (χ2n) is 10.0. The summed E-state index contributed by atoms with van der Waals surface area (Å²) in [6.07, 6.45) is 0. The summed E-state index contributed by atoms with van der Waals surface area (Å²) < 4.78 is 3.21. The van der Waals surface area contributed by atoms with Crippen molar-refractivity contribution in [3.05, 3.63) is 87.3 Å². The fourth-order valence-electron chi connectivity index (χ4n) is 5.21. The maximum Gasteiger partial charge on any atom is 0.322 e. The Morgan fingerprint density at radius 2 is 1.72 bits per heavy atom. The number of hydrogen-bond donors (Lipinski definition) is 3. The van der Waals surface area contributed by atoms with E-state index in [2.05, 4.69) is 32.8 Å². The number of amides is 2. The molecule has 11 nitrogen and oxygen atoms in total. The van der Waals surface area contributed by atoms with Crippen LogP contribution in [0.1, 0.15) is 22.4 Å². The summed E-state index contributed by atoms with van der Waals surface area (Å²) in [5.41, 5.74) is 5.45. The van der Waals surface area contributed by atoms with E-state index in [1.165, 1.54) is 4.68 Å². The number of carbonyl (C=O) groups excluding carboxylic acids is 1. The highest BCUT2D eigenvalue weighted by Gasteiger charge is 2.24. The van der Waals surface area contributed by atoms with E-state index in [4.69, 9.17) is 0 Å². The lowest BCUT2D eigenvalue weighted by molar-refractivity contribution is 0.212. The summed E-state index contributed by atoms with van der Waals surface area (Å²) in [6.45, 7) is 3.23. The largest absolute Gasteiger partial charge is 0.392 e. The maximum atomic E-state index is 13.1. The standard InChI is InChI=1S/C28H30N8O3/c1-33-10-11-36-20(16-33)12-26(32-36)29-25-13-24(31-34(2)27(25)38)21-8-5-9-23(22(21)17-37)30-28(39)35-14-18-6-3-4-7-19(18)15-35/h3-9,12-13,37H,10-11,14-17H2,1-2H3,(H,29,32)(H,30,39). The van der Waals surface area contributed by atoms with E-state index in [0.717, 1.165) is 36.5 Å². The normalized spacial score (nSPS) is 14.7. The molecule has 6 rings (SSSR count). The molecule has 2 aliphatic rings. The molecule has 0 aliphatic carbocycles. The van der Waals surface area contributed by atoms with Crippen LogP contribution in [0.25, 0.3) is 11.3 Å². The number of nitrogens with one attached hydrogen (secondary N) is 2. The van der Waals surface area contributed by atoms with Crippen molar-refractivity contribution in [1.82, 2.24) is 29.4 Å². The molecule has 0 bridgehead atoms. The molecular formula is C28H30N8O3. The Kier molecular flexibility index (Phi) is 6.37. The van der Waals surface area contributed by atoms with Crippen LogP contribution in [0.15, 0.2) is 59.4 Å². The van der Waals surface area contributed by atoms with E-state index in [1.54, 1.807) is 30.1 Å². The van der Waals surface area contributed by atoms with Gasteiger partial charge in [-0.2, -0.15) is 10.2 Å². The minimum absolute atomic E-state index is 0.247. The molecule has 0 saturated heterocycles. The van der Waals surface area contributed by atoms with Gasteiger partial charge in [0.2, 0.25) is 0 Å². The zero-order valence-electron chi connectivity index (χ0n) is 21.9. The minimum atomic E-state index is -0.319. The molecule has 0 spiro atoms. The predicted octanol–water partition coefficient (Wildman–Crippen LogP) is 2.87. The molecule has 0 unspecified atom stereocenters. The Bertz CT molecular complexity index is 1600. The van der Waals surface area contributed by atoms with Gasteiger partial charge in [-0.25, -0.2) is 9.48 Å². The third kappa shape index (κ3) is 4.77. The Hall–Kier alpha value is -4.48. The zero-order valence-corrected chi connectivity index (χ0v) is 21.9. The molecule has 0 radical (unpaired) electrons. The third-order valence-corrected chi connectivity index (χ3v) is 7.29. The Morgan fingerprint density at radius 1 is 0.949 bits per heavy atom. The average molecular weight is 527 g/mol. The number of fused-ring (bicyclic) bond motifs is 2. The highest BCUT2D eigenvalue weighted by Crippen LogP contribution is 2.31. The van der Waals surface area contributed by atoms with Crippen molar-refractivity contribution in [2.24, 2.45) is 7.05 Å². The molecule has 2 aliphatic heterocycles. The summed E-state index contributed by atoms with van der Waals surface area (Å²) >= 11 is 0. The second-order valence-corrected chi connectivity index (χ2v) is 10.0. The number of aryl methyl sites for hydroxylation is 1. The van der Waals surface area contributed by atoms with Gasteiger partial charge in [-0.15, -0.1) is 0 Å². The van der Waals surface area contributed by atoms with Crippen LogP contribution in [0, 0.1) is 0 Å². The fourth-order valence-corrected chi connectivity index (χ4v) is 5.21. The SMILES string of the molecule is CN1CCn2nc(Nc3cc(-c4cccc(NC(=O)N5Cc6ccccc6C5)c4CO)nn(C)c3=O)cc2C1.